The Morgan fingerprint density at radius 3 is 2.65 bits per heavy atom. The first-order valence-corrected chi connectivity index (χ1v) is 9.89. The van der Waals surface area contributed by atoms with E-state index in [1.54, 1.807) is 13.0 Å². The van der Waals surface area contributed by atoms with E-state index in [-0.39, 0.29) is 29.7 Å². The second-order valence-corrected chi connectivity index (χ2v) is 6.97. The van der Waals surface area contributed by atoms with Crippen molar-refractivity contribution in [2.45, 2.75) is 19.0 Å². The van der Waals surface area contributed by atoms with Crippen LogP contribution in [0.2, 0.25) is 0 Å². The van der Waals surface area contributed by atoms with E-state index in [0.717, 1.165) is 6.07 Å². The van der Waals surface area contributed by atoms with Crippen LogP contribution in [-0.2, 0) is 4.74 Å². The zero-order chi connectivity index (χ0) is 24.7. The lowest BCUT2D eigenvalue weighted by atomic mass is 10.1. The van der Waals surface area contributed by atoms with Crippen LogP contribution < -0.4 is 20.7 Å². The van der Waals surface area contributed by atoms with Gasteiger partial charge in [0.25, 0.3) is 0 Å². The van der Waals surface area contributed by atoms with Crippen LogP contribution in [0, 0.1) is 17.1 Å². The Kier molecular flexibility index (Phi) is 7.72. The van der Waals surface area contributed by atoms with Crippen LogP contribution in [0.15, 0.2) is 30.7 Å². The Bertz CT molecular complexity index is 1180. The summed E-state index contributed by atoms with van der Waals surface area (Å²) in [5, 5.41) is 34.7. The predicted octanol–water partition coefficient (Wildman–Crippen LogP) is 1.90. The fraction of sp³-hybridized carbons (Fsp3) is 0.300. The van der Waals surface area contributed by atoms with E-state index in [2.05, 4.69) is 36.1 Å². The van der Waals surface area contributed by atoms with Crippen molar-refractivity contribution >= 4 is 23.4 Å². The third kappa shape index (κ3) is 5.64. The zero-order valence-electron chi connectivity index (χ0n) is 18.5. The highest BCUT2D eigenvalue weighted by molar-refractivity contribution is 5.67. The maximum absolute atomic E-state index is 14.7. The van der Waals surface area contributed by atoms with Gasteiger partial charge < -0.3 is 30.5 Å². The lowest BCUT2D eigenvalue weighted by Gasteiger charge is -2.25. The average molecular weight is 471 g/mol. The second kappa shape index (κ2) is 10.9. The van der Waals surface area contributed by atoms with E-state index in [1.165, 1.54) is 37.6 Å². The second-order valence-electron chi connectivity index (χ2n) is 6.97. The standard InChI is InChI=1S/C20H22FN9O4/c1-11(26-20(31)32)15(10-33-2)28-18-14(21)6-12(8-22)17(29-18)27-13-7-16(19(34-3)23-9-13)30-24-4-5-25-30/h4-7,9,11,15,26H,10H2,1-3H3,(H,31,32)(H2,27,28,29)/t11-,15+/m0/s1. The number of nitrogens with one attached hydrogen (secondary N) is 3. The van der Waals surface area contributed by atoms with Gasteiger partial charge in [0.2, 0.25) is 5.88 Å². The highest BCUT2D eigenvalue weighted by Gasteiger charge is 2.22. The quantitative estimate of drug-likeness (QED) is 0.340. The number of hydrogen-bond acceptors (Lipinski definition) is 10. The molecule has 0 aromatic carbocycles. The van der Waals surface area contributed by atoms with Crippen LogP contribution in [0.3, 0.4) is 0 Å². The molecule has 0 saturated carbocycles. The Hall–Kier alpha value is -4.51. The van der Waals surface area contributed by atoms with Gasteiger partial charge in [-0.2, -0.15) is 15.5 Å². The smallest absolute Gasteiger partial charge is 0.404 e. The van der Waals surface area contributed by atoms with Crippen molar-refractivity contribution < 1.29 is 23.8 Å². The van der Waals surface area contributed by atoms with Crippen LogP contribution in [0.4, 0.5) is 26.5 Å². The number of amides is 1. The van der Waals surface area contributed by atoms with Gasteiger partial charge in [-0.1, -0.05) is 0 Å². The van der Waals surface area contributed by atoms with Crippen molar-refractivity contribution in [3.05, 3.63) is 42.1 Å². The van der Waals surface area contributed by atoms with Crippen LogP contribution in [-0.4, -0.2) is 69.1 Å². The van der Waals surface area contributed by atoms with Gasteiger partial charge in [-0.15, -0.1) is 4.80 Å². The molecule has 0 aliphatic carbocycles. The maximum Gasteiger partial charge on any atom is 0.404 e. The molecule has 0 aliphatic heterocycles. The zero-order valence-corrected chi connectivity index (χ0v) is 18.5. The van der Waals surface area contributed by atoms with E-state index in [4.69, 9.17) is 14.6 Å². The number of nitriles is 1. The summed E-state index contributed by atoms with van der Waals surface area (Å²) in [6, 6.07) is 3.25. The van der Waals surface area contributed by atoms with E-state index >= 15 is 0 Å². The molecule has 178 valence electrons. The third-order valence-corrected chi connectivity index (χ3v) is 4.64. The Morgan fingerprint density at radius 2 is 2.03 bits per heavy atom. The van der Waals surface area contributed by atoms with E-state index < -0.39 is 24.0 Å². The van der Waals surface area contributed by atoms with Crippen molar-refractivity contribution in [2.24, 2.45) is 0 Å². The molecule has 3 aromatic heterocycles. The minimum Gasteiger partial charge on any atom is -0.479 e. The molecule has 0 bridgehead atoms. The molecule has 3 rings (SSSR count). The van der Waals surface area contributed by atoms with Crippen molar-refractivity contribution in [1.29, 1.82) is 5.26 Å². The van der Waals surface area contributed by atoms with Gasteiger partial charge in [-0.3, -0.25) is 0 Å². The van der Waals surface area contributed by atoms with Crippen LogP contribution in [0.25, 0.3) is 5.69 Å². The molecule has 0 fully saturated rings. The van der Waals surface area contributed by atoms with Crippen molar-refractivity contribution in [3.8, 4) is 17.6 Å². The number of halogens is 1. The minimum atomic E-state index is -1.24. The minimum absolute atomic E-state index is 0.0488. The fourth-order valence-electron chi connectivity index (χ4n) is 3.02. The molecule has 3 aromatic rings. The number of aromatic nitrogens is 5. The van der Waals surface area contributed by atoms with Crippen molar-refractivity contribution in [1.82, 2.24) is 30.3 Å². The molecule has 3 heterocycles. The Morgan fingerprint density at radius 1 is 1.29 bits per heavy atom. The molecule has 0 saturated heterocycles. The number of ether oxygens (including phenoxy) is 2. The molecular formula is C20H22FN9O4. The highest BCUT2D eigenvalue weighted by Crippen LogP contribution is 2.27. The lowest BCUT2D eigenvalue weighted by molar-refractivity contribution is 0.163. The molecule has 4 N–H and O–H groups in total. The van der Waals surface area contributed by atoms with Crippen LogP contribution >= 0.6 is 0 Å². The summed E-state index contributed by atoms with van der Waals surface area (Å²) in [7, 11) is 2.88. The predicted molar refractivity (Wildman–Crippen MR) is 118 cm³/mol. The summed E-state index contributed by atoms with van der Waals surface area (Å²) >= 11 is 0. The Labute approximate surface area is 193 Å². The number of methoxy groups -OCH3 is 2. The normalized spacial score (nSPS) is 12.3. The van der Waals surface area contributed by atoms with Gasteiger partial charge in [0.15, 0.2) is 17.5 Å². The first-order chi connectivity index (χ1) is 16.4. The molecule has 1 amide bonds. The van der Waals surface area contributed by atoms with E-state index in [0.29, 0.717) is 11.4 Å². The molecular weight excluding hydrogens is 449 g/mol. The number of anilines is 3. The number of pyridine rings is 2. The largest absolute Gasteiger partial charge is 0.479 e. The third-order valence-electron chi connectivity index (χ3n) is 4.64. The molecule has 0 unspecified atom stereocenters. The van der Waals surface area contributed by atoms with Crippen LogP contribution in [0.5, 0.6) is 5.88 Å². The van der Waals surface area contributed by atoms with E-state index in [1.807, 2.05) is 6.07 Å². The van der Waals surface area contributed by atoms with Crippen LogP contribution in [0.1, 0.15) is 12.5 Å². The molecule has 34 heavy (non-hydrogen) atoms. The molecule has 0 spiro atoms. The van der Waals surface area contributed by atoms with Crippen molar-refractivity contribution in [2.75, 3.05) is 31.5 Å². The summed E-state index contributed by atoms with van der Waals surface area (Å²) in [5.41, 5.74) is 0.770. The molecule has 2 atom stereocenters. The van der Waals surface area contributed by atoms with E-state index in [9.17, 15) is 14.4 Å². The topological polar surface area (TPSA) is 172 Å². The average Bonchev–Trinajstić information content (AvgIpc) is 3.35. The highest BCUT2D eigenvalue weighted by atomic mass is 19.1. The maximum atomic E-state index is 14.7. The number of nitrogens with zero attached hydrogens (tertiary/aromatic N) is 6. The number of carbonyl (C=O) groups is 1. The molecule has 14 heteroatoms. The number of rotatable bonds is 10. The summed E-state index contributed by atoms with van der Waals surface area (Å²) in [5.74, 6) is -0.676. The lowest BCUT2D eigenvalue weighted by Crippen LogP contribution is -2.47. The van der Waals surface area contributed by atoms with Gasteiger partial charge in [0, 0.05) is 7.11 Å². The first kappa shape index (κ1) is 24.1. The molecule has 13 nitrogen and oxygen atoms in total. The SMILES string of the molecule is COC[C@@H](Nc1nc(Nc2cnc(OC)c(-n3nccn3)c2)c(C#N)cc1F)[C@H](C)NC(=O)O. The van der Waals surface area contributed by atoms with Gasteiger partial charge >= 0.3 is 6.09 Å². The summed E-state index contributed by atoms with van der Waals surface area (Å²) in [6.45, 7) is 1.66. The number of hydrogen-bond donors (Lipinski definition) is 4. The molecule has 0 radical (unpaired) electrons. The monoisotopic (exact) mass is 471 g/mol. The summed E-state index contributed by atoms with van der Waals surface area (Å²) in [4.78, 5) is 20.7. The van der Waals surface area contributed by atoms with Gasteiger partial charge in [-0.05, 0) is 19.1 Å². The van der Waals surface area contributed by atoms with Crippen molar-refractivity contribution in [3.63, 3.8) is 0 Å². The van der Waals surface area contributed by atoms with Gasteiger partial charge in [-0.25, -0.2) is 19.2 Å². The van der Waals surface area contributed by atoms with Gasteiger partial charge in [0.05, 0.1) is 55.6 Å². The summed E-state index contributed by atoms with van der Waals surface area (Å²) in [6.07, 6.45) is 3.19. The first-order valence-electron chi connectivity index (χ1n) is 9.89. The fourth-order valence-corrected chi connectivity index (χ4v) is 3.02. The summed E-state index contributed by atoms with van der Waals surface area (Å²) < 4.78 is 25.1. The molecule has 0 aliphatic rings. The number of carboxylic acid groups (broad SMARTS) is 1. The van der Waals surface area contributed by atoms with Gasteiger partial charge in [0.1, 0.15) is 11.8 Å². The Balaban J connectivity index is 1.93.